The predicted octanol–water partition coefficient (Wildman–Crippen LogP) is 4.85. The molecule has 2 aliphatic carbocycles. The van der Waals surface area contributed by atoms with Gasteiger partial charge in [0.1, 0.15) is 28.8 Å². The number of ether oxygens (including phenoxy) is 3. The first kappa shape index (κ1) is 32.4. The number of carbonyl (C=O) groups is 3. The van der Waals surface area contributed by atoms with Gasteiger partial charge in [-0.1, -0.05) is 20.8 Å². The fraction of sp³-hybridized carbons (Fsp3) is 0.472. The molecule has 2 saturated carbocycles. The number of esters is 2. The number of hydrogen-bond donors (Lipinski definition) is 2. The number of nitrogens with two attached hydrogens (primary N) is 1. The number of amides is 1. The van der Waals surface area contributed by atoms with Gasteiger partial charge in [0.25, 0.3) is 0 Å². The Bertz CT molecular complexity index is 1770. The summed E-state index contributed by atoms with van der Waals surface area (Å²) in [4.78, 5) is 55.0. The van der Waals surface area contributed by atoms with Crippen LogP contribution in [0.3, 0.4) is 0 Å². The Morgan fingerprint density at radius 2 is 1.81 bits per heavy atom. The maximum atomic E-state index is 13.7. The average Bonchev–Trinajstić information content (AvgIpc) is 3.03. The van der Waals surface area contributed by atoms with Crippen LogP contribution in [0.15, 0.2) is 64.1 Å². The predicted molar refractivity (Wildman–Crippen MR) is 169 cm³/mol. The Morgan fingerprint density at radius 3 is 2.45 bits per heavy atom. The highest BCUT2D eigenvalue weighted by Crippen LogP contribution is 2.68. The molecule has 1 aliphatic heterocycles. The van der Waals surface area contributed by atoms with Gasteiger partial charge in [-0.2, -0.15) is 0 Å². The van der Waals surface area contributed by atoms with Crippen LogP contribution in [0, 0.1) is 28.6 Å². The summed E-state index contributed by atoms with van der Waals surface area (Å²) >= 11 is 0. The second kappa shape index (κ2) is 11.6. The van der Waals surface area contributed by atoms with E-state index in [1.165, 1.54) is 31.2 Å². The fourth-order valence-electron chi connectivity index (χ4n) is 8.67. The highest BCUT2D eigenvalue weighted by atomic mass is 16.6. The third-order valence-electron chi connectivity index (χ3n) is 11.3. The summed E-state index contributed by atoms with van der Waals surface area (Å²) in [5, 5.41) is 12.3. The zero-order valence-corrected chi connectivity index (χ0v) is 27.1. The zero-order chi connectivity index (χ0) is 33.9. The molecule has 3 aliphatic rings. The van der Waals surface area contributed by atoms with Gasteiger partial charge < -0.3 is 29.5 Å². The average molecular weight is 645 g/mol. The molecule has 0 spiro atoms. The molecule has 1 aromatic carbocycles. The van der Waals surface area contributed by atoms with Crippen LogP contribution in [0.1, 0.15) is 86.3 Å². The van der Waals surface area contributed by atoms with Crippen molar-refractivity contribution in [1.82, 2.24) is 4.98 Å². The first-order valence-corrected chi connectivity index (χ1v) is 15.9. The Hall–Kier alpha value is -4.51. The molecule has 2 fully saturated rings. The second-order valence-corrected chi connectivity index (χ2v) is 14.0. The van der Waals surface area contributed by atoms with Crippen molar-refractivity contribution in [3.8, 4) is 17.1 Å². The van der Waals surface area contributed by atoms with Crippen molar-refractivity contribution in [2.45, 2.75) is 71.7 Å². The standard InChI is InChI=1S/C36H40N2O9/c1-19-12-13-34(3)26(35(19,4)18-44-20(2)39)16-27(46-32(42)22-10-8-21(9-11-22)31(37)41)36(5)30(34)29(40)28-25(47-36)15-24(45-33(28)43)23-7-6-14-38-17-23/h6-11,14-15,17,19,26-27,29-30,40H,12-13,16,18H2,1-5H3,(H2,37,41)/t19?,26?,27-,29?,30?,34-,35?,36+/m0/s1. The van der Waals surface area contributed by atoms with E-state index in [0.29, 0.717) is 18.4 Å². The van der Waals surface area contributed by atoms with Crippen molar-refractivity contribution >= 4 is 17.8 Å². The van der Waals surface area contributed by atoms with Gasteiger partial charge in [-0.25, -0.2) is 9.59 Å². The third kappa shape index (κ3) is 5.30. The lowest BCUT2D eigenvalue weighted by atomic mass is 9.41. The Kier molecular flexibility index (Phi) is 8.02. The smallest absolute Gasteiger partial charge is 0.345 e. The molecule has 11 heteroatoms. The maximum Gasteiger partial charge on any atom is 0.345 e. The summed E-state index contributed by atoms with van der Waals surface area (Å²) in [6.07, 6.45) is 2.76. The number of aliphatic hydroxyl groups excluding tert-OH is 1. The molecule has 47 heavy (non-hydrogen) atoms. The Labute approximate surface area is 272 Å². The van der Waals surface area contributed by atoms with Gasteiger partial charge in [-0.15, -0.1) is 0 Å². The van der Waals surface area contributed by atoms with E-state index in [4.69, 9.17) is 24.4 Å². The van der Waals surface area contributed by atoms with Crippen molar-refractivity contribution in [2.75, 3.05) is 6.61 Å². The number of aliphatic hydroxyl groups is 1. The minimum Gasteiger partial charge on any atom is -0.482 e. The molecule has 3 heterocycles. The normalized spacial score (nSPS) is 32.5. The lowest BCUT2D eigenvalue weighted by molar-refractivity contribution is -0.257. The monoisotopic (exact) mass is 644 g/mol. The third-order valence-corrected chi connectivity index (χ3v) is 11.3. The summed E-state index contributed by atoms with van der Waals surface area (Å²) < 4.78 is 24.4. The van der Waals surface area contributed by atoms with Gasteiger partial charge in [0.05, 0.1) is 18.3 Å². The largest absolute Gasteiger partial charge is 0.482 e. The molecule has 3 N–H and O–H groups in total. The van der Waals surface area contributed by atoms with Crippen molar-refractivity contribution in [2.24, 2.45) is 34.3 Å². The van der Waals surface area contributed by atoms with Gasteiger partial charge in [-0.05, 0) is 79.8 Å². The second-order valence-electron chi connectivity index (χ2n) is 14.0. The van der Waals surface area contributed by atoms with E-state index in [9.17, 15) is 24.3 Å². The molecule has 0 saturated heterocycles. The lowest BCUT2D eigenvalue weighted by Gasteiger charge is -2.66. The molecule has 11 nitrogen and oxygen atoms in total. The van der Waals surface area contributed by atoms with Crippen LogP contribution in [-0.2, 0) is 14.3 Å². The minimum absolute atomic E-state index is 0.00872. The molecular formula is C36H40N2O9. The first-order chi connectivity index (χ1) is 22.2. The van der Waals surface area contributed by atoms with Crippen molar-refractivity contribution in [1.29, 1.82) is 0 Å². The summed E-state index contributed by atoms with van der Waals surface area (Å²) in [5.74, 6) is -2.10. The number of nitrogens with zero attached hydrogens (tertiary/aromatic N) is 1. The molecule has 3 aromatic rings. The van der Waals surface area contributed by atoms with E-state index in [0.717, 1.165) is 6.42 Å². The molecule has 1 amide bonds. The summed E-state index contributed by atoms with van der Waals surface area (Å²) in [7, 11) is 0. The number of benzene rings is 1. The highest BCUT2D eigenvalue weighted by molar-refractivity contribution is 5.95. The van der Waals surface area contributed by atoms with Crippen LogP contribution in [-0.4, -0.2) is 46.2 Å². The molecule has 0 radical (unpaired) electrons. The number of hydrogen-bond acceptors (Lipinski definition) is 10. The van der Waals surface area contributed by atoms with Crippen molar-refractivity contribution in [3.05, 3.63) is 82.0 Å². The molecule has 248 valence electrons. The number of fused-ring (bicyclic) bond motifs is 4. The SMILES string of the molecule is CC(=O)OCC1(C)C(C)CC[C@@]2(C)C1C[C@H](OC(=O)c1ccc(C(N)=O)cc1)[C@@]1(C)Oc3cc(-c4cccnc4)oc(=O)c3C(O)C21. The molecule has 6 rings (SSSR count). The van der Waals surface area contributed by atoms with Crippen LogP contribution in [0.4, 0.5) is 0 Å². The minimum atomic E-state index is -1.32. The number of pyridine rings is 1. The van der Waals surface area contributed by atoms with E-state index >= 15 is 0 Å². The molecule has 8 atom stereocenters. The number of carbonyl (C=O) groups excluding carboxylic acids is 3. The van der Waals surface area contributed by atoms with E-state index in [2.05, 4.69) is 25.8 Å². The van der Waals surface area contributed by atoms with E-state index in [1.54, 1.807) is 30.6 Å². The van der Waals surface area contributed by atoms with Crippen LogP contribution < -0.4 is 16.1 Å². The van der Waals surface area contributed by atoms with Gasteiger partial charge in [-0.3, -0.25) is 14.6 Å². The summed E-state index contributed by atoms with van der Waals surface area (Å²) in [5.41, 5.74) is 3.21. The topological polar surface area (TPSA) is 168 Å². The maximum absolute atomic E-state index is 13.7. The number of rotatable bonds is 6. The van der Waals surface area contributed by atoms with Gasteiger partial charge in [0.15, 0.2) is 0 Å². The Morgan fingerprint density at radius 1 is 1.11 bits per heavy atom. The zero-order valence-electron chi connectivity index (χ0n) is 27.1. The van der Waals surface area contributed by atoms with Crippen LogP contribution in [0.2, 0.25) is 0 Å². The molecule has 2 aromatic heterocycles. The highest BCUT2D eigenvalue weighted by Gasteiger charge is 2.70. The van der Waals surface area contributed by atoms with E-state index in [1.807, 2.05) is 6.92 Å². The van der Waals surface area contributed by atoms with Crippen LogP contribution in [0.5, 0.6) is 5.75 Å². The number of primary amides is 1. The number of aromatic nitrogens is 1. The van der Waals surface area contributed by atoms with Crippen molar-refractivity contribution < 1.29 is 38.1 Å². The fourth-order valence-corrected chi connectivity index (χ4v) is 8.67. The Balaban J connectivity index is 1.48. The molecular weight excluding hydrogens is 604 g/mol. The van der Waals surface area contributed by atoms with Gasteiger partial charge in [0, 0.05) is 47.8 Å². The van der Waals surface area contributed by atoms with E-state index < -0.39 is 58.0 Å². The van der Waals surface area contributed by atoms with E-state index in [-0.39, 0.29) is 46.6 Å². The quantitative estimate of drug-likeness (QED) is 0.354. The van der Waals surface area contributed by atoms with Gasteiger partial charge in [0.2, 0.25) is 5.91 Å². The summed E-state index contributed by atoms with van der Waals surface area (Å²) in [6.45, 7) is 9.62. The molecule has 0 bridgehead atoms. The molecule has 5 unspecified atom stereocenters. The van der Waals surface area contributed by atoms with Crippen LogP contribution >= 0.6 is 0 Å². The first-order valence-electron chi connectivity index (χ1n) is 15.9. The summed E-state index contributed by atoms with van der Waals surface area (Å²) in [6, 6.07) is 10.9. The van der Waals surface area contributed by atoms with Gasteiger partial charge >= 0.3 is 17.6 Å². The van der Waals surface area contributed by atoms with Crippen LogP contribution in [0.25, 0.3) is 11.3 Å². The van der Waals surface area contributed by atoms with Crippen molar-refractivity contribution in [3.63, 3.8) is 0 Å². The lowest BCUT2D eigenvalue weighted by Crippen LogP contribution is -2.70.